The number of esters is 1. The van der Waals surface area contributed by atoms with Gasteiger partial charge in [0.15, 0.2) is 0 Å². The summed E-state index contributed by atoms with van der Waals surface area (Å²) in [5.74, 6) is 0.709. The molecule has 0 aliphatic heterocycles. The molecule has 1 fully saturated rings. The summed E-state index contributed by atoms with van der Waals surface area (Å²) in [7, 11) is 1.35. The van der Waals surface area contributed by atoms with E-state index in [0.29, 0.717) is 27.5 Å². The molecule has 8 heteroatoms. The molecule has 28 heavy (non-hydrogen) atoms. The molecule has 3 rings (SSSR count). The summed E-state index contributed by atoms with van der Waals surface area (Å²) in [4.78, 5) is 20.9. The van der Waals surface area contributed by atoms with E-state index in [4.69, 9.17) is 4.74 Å². The SMILES string of the molecule is COC(=O)c1cc(Nc2ncc(C)c(N[C@H]3CCC[C@@H]3C#N)n2)cc(C)c1Br. The highest BCUT2D eigenvalue weighted by Gasteiger charge is 2.27. The average Bonchev–Trinajstić information content (AvgIpc) is 3.13. The van der Waals surface area contributed by atoms with E-state index in [9.17, 15) is 10.1 Å². The summed E-state index contributed by atoms with van der Waals surface area (Å²) in [6.45, 7) is 3.83. The second-order valence-electron chi connectivity index (χ2n) is 6.91. The highest BCUT2D eigenvalue weighted by Crippen LogP contribution is 2.30. The molecule has 1 aliphatic carbocycles. The lowest BCUT2D eigenvalue weighted by Crippen LogP contribution is -2.24. The normalized spacial score (nSPS) is 18.4. The van der Waals surface area contributed by atoms with Crippen molar-refractivity contribution in [3.05, 3.63) is 39.5 Å². The Kier molecular flexibility index (Phi) is 6.15. The van der Waals surface area contributed by atoms with E-state index in [0.717, 1.165) is 30.4 Å². The van der Waals surface area contributed by atoms with E-state index in [1.807, 2.05) is 19.9 Å². The zero-order chi connectivity index (χ0) is 20.3. The number of aryl methyl sites for hydroxylation is 2. The van der Waals surface area contributed by atoms with Gasteiger partial charge in [0.25, 0.3) is 0 Å². The van der Waals surface area contributed by atoms with Crippen LogP contribution in [0.4, 0.5) is 17.5 Å². The first-order chi connectivity index (χ1) is 13.4. The summed E-state index contributed by atoms with van der Waals surface area (Å²) in [6, 6.07) is 6.07. The molecule has 146 valence electrons. The van der Waals surface area contributed by atoms with Crippen molar-refractivity contribution in [3.8, 4) is 6.07 Å². The van der Waals surface area contributed by atoms with Crippen molar-refractivity contribution in [2.75, 3.05) is 17.7 Å². The lowest BCUT2D eigenvalue weighted by Gasteiger charge is -2.18. The molecule has 2 atom stereocenters. The number of aromatic nitrogens is 2. The van der Waals surface area contributed by atoms with Gasteiger partial charge in [-0.25, -0.2) is 9.78 Å². The number of rotatable bonds is 5. The van der Waals surface area contributed by atoms with Crippen LogP contribution < -0.4 is 10.6 Å². The number of hydrogen-bond acceptors (Lipinski definition) is 7. The Balaban J connectivity index is 1.85. The van der Waals surface area contributed by atoms with Gasteiger partial charge < -0.3 is 15.4 Å². The number of halogens is 1. The zero-order valence-corrected chi connectivity index (χ0v) is 17.6. The summed E-state index contributed by atoms with van der Waals surface area (Å²) in [5.41, 5.74) is 2.92. The molecule has 1 aromatic carbocycles. The third kappa shape index (κ3) is 4.25. The summed E-state index contributed by atoms with van der Waals surface area (Å²) in [5, 5.41) is 15.8. The minimum Gasteiger partial charge on any atom is -0.465 e. The number of hydrogen-bond donors (Lipinski definition) is 2. The predicted octanol–water partition coefficient (Wildman–Crippen LogP) is 4.49. The van der Waals surface area contributed by atoms with Gasteiger partial charge in [-0.3, -0.25) is 0 Å². The molecule has 0 saturated heterocycles. The molecule has 0 radical (unpaired) electrons. The molecule has 1 saturated carbocycles. The molecular formula is C20H22BrN5O2. The molecule has 1 aliphatic rings. The van der Waals surface area contributed by atoms with Gasteiger partial charge in [0.2, 0.25) is 5.95 Å². The predicted molar refractivity (Wildman–Crippen MR) is 111 cm³/mol. The van der Waals surface area contributed by atoms with E-state index in [-0.39, 0.29) is 12.0 Å². The van der Waals surface area contributed by atoms with Gasteiger partial charge in [-0.15, -0.1) is 0 Å². The number of ether oxygens (including phenoxy) is 1. The number of benzene rings is 1. The number of anilines is 3. The van der Waals surface area contributed by atoms with Crippen molar-refractivity contribution in [1.29, 1.82) is 5.26 Å². The molecule has 0 bridgehead atoms. The Morgan fingerprint density at radius 3 is 2.82 bits per heavy atom. The van der Waals surface area contributed by atoms with Crippen LogP contribution in [0.3, 0.4) is 0 Å². The monoisotopic (exact) mass is 443 g/mol. The standard InChI is InChI=1S/C20H22BrN5O2/c1-11-7-14(8-15(17(11)21)19(27)28-3)24-20-23-10-12(2)18(26-20)25-16-6-4-5-13(16)9-22/h7-8,10,13,16H,4-6H2,1-3H3,(H2,23,24,25,26)/t13-,16+/m1/s1. The smallest absolute Gasteiger partial charge is 0.339 e. The Bertz CT molecular complexity index is 941. The molecule has 0 unspecified atom stereocenters. The van der Waals surface area contributed by atoms with Crippen molar-refractivity contribution >= 4 is 39.4 Å². The highest BCUT2D eigenvalue weighted by atomic mass is 79.9. The fraction of sp³-hybridized carbons (Fsp3) is 0.400. The van der Waals surface area contributed by atoms with Crippen LogP contribution in [0.25, 0.3) is 0 Å². The average molecular weight is 444 g/mol. The second-order valence-corrected chi connectivity index (χ2v) is 7.71. The van der Waals surface area contributed by atoms with Crippen LogP contribution in [0.1, 0.15) is 40.7 Å². The number of carbonyl (C=O) groups excluding carboxylic acids is 1. The van der Waals surface area contributed by atoms with Crippen LogP contribution in [0.5, 0.6) is 0 Å². The molecule has 2 N–H and O–H groups in total. The molecule has 1 heterocycles. The van der Waals surface area contributed by atoms with Crippen molar-refractivity contribution < 1.29 is 9.53 Å². The minimum atomic E-state index is -0.422. The fourth-order valence-electron chi connectivity index (χ4n) is 3.34. The zero-order valence-electron chi connectivity index (χ0n) is 16.0. The fourth-order valence-corrected chi connectivity index (χ4v) is 3.73. The number of methoxy groups -OCH3 is 1. The van der Waals surface area contributed by atoms with E-state index >= 15 is 0 Å². The molecular weight excluding hydrogens is 422 g/mol. The van der Waals surface area contributed by atoms with Crippen LogP contribution in [-0.2, 0) is 4.74 Å². The third-order valence-electron chi connectivity index (χ3n) is 4.89. The van der Waals surface area contributed by atoms with Gasteiger partial charge in [-0.05, 0) is 66.7 Å². The topological polar surface area (TPSA) is 99.9 Å². The number of carbonyl (C=O) groups is 1. The maximum Gasteiger partial charge on any atom is 0.339 e. The van der Waals surface area contributed by atoms with E-state index < -0.39 is 5.97 Å². The Morgan fingerprint density at radius 2 is 2.11 bits per heavy atom. The third-order valence-corrected chi connectivity index (χ3v) is 5.94. The number of nitrogens with one attached hydrogen (secondary N) is 2. The maximum absolute atomic E-state index is 12.0. The molecule has 1 aromatic heterocycles. The second kappa shape index (κ2) is 8.57. The van der Waals surface area contributed by atoms with Gasteiger partial charge in [-0.1, -0.05) is 0 Å². The minimum absolute atomic E-state index is 0.00233. The van der Waals surface area contributed by atoms with Gasteiger partial charge in [0.1, 0.15) is 5.82 Å². The van der Waals surface area contributed by atoms with Crippen molar-refractivity contribution in [1.82, 2.24) is 9.97 Å². The van der Waals surface area contributed by atoms with Crippen LogP contribution in [0, 0.1) is 31.1 Å². The van der Waals surface area contributed by atoms with Gasteiger partial charge in [0, 0.05) is 28.0 Å². The van der Waals surface area contributed by atoms with Gasteiger partial charge >= 0.3 is 5.97 Å². The van der Waals surface area contributed by atoms with Crippen LogP contribution in [0.2, 0.25) is 0 Å². The molecule has 7 nitrogen and oxygen atoms in total. The molecule has 0 spiro atoms. The van der Waals surface area contributed by atoms with Crippen LogP contribution >= 0.6 is 15.9 Å². The van der Waals surface area contributed by atoms with E-state index in [2.05, 4.69) is 42.6 Å². The van der Waals surface area contributed by atoms with E-state index in [1.54, 1.807) is 12.3 Å². The van der Waals surface area contributed by atoms with Crippen molar-refractivity contribution in [3.63, 3.8) is 0 Å². The van der Waals surface area contributed by atoms with Crippen LogP contribution in [0.15, 0.2) is 22.8 Å². The summed E-state index contributed by atoms with van der Waals surface area (Å²) < 4.78 is 5.54. The molecule has 2 aromatic rings. The maximum atomic E-state index is 12.0. The largest absolute Gasteiger partial charge is 0.465 e. The van der Waals surface area contributed by atoms with Crippen molar-refractivity contribution in [2.24, 2.45) is 5.92 Å². The Morgan fingerprint density at radius 1 is 1.32 bits per heavy atom. The summed E-state index contributed by atoms with van der Waals surface area (Å²) in [6.07, 6.45) is 4.65. The first-order valence-corrected chi connectivity index (χ1v) is 9.87. The van der Waals surface area contributed by atoms with Gasteiger partial charge in [-0.2, -0.15) is 10.2 Å². The van der Waals surface area contributed by atoms with E-state index in [1.165, 1.54) is 7.11 Å². The van der Waals surface area contributed by atoms with Gasteiger partial charge in [0.05, 0.1) is 24.7 Å². The summed E-state index contributed by atoms with van der Waals surface area (Å²) >= 11 is 3.43. The Hall–Kier alpha value is -2.66. The lowest BCUT2D eigenvalue weighted by molar-refractivity contribution is 0.0599. The quantitative estimate of drug-likeness (QED) is 0.656. The first kappa shape index (κ1) is 20.1. The molecule has 0 amide bonds. The number of nitrogens with zero attached hydrogens (tertiary/aromatic N) is 3. The van der Waals surface area contributed by atoms with Crippen LogP contribution in [-0.4, -0.2) is 29.1 Å². The van der Waals surface area contributed by atoms with Crippen molar-refractivity contribution in [2.45, 2.75) is 39.2 Å². The lowest BCUT2D eigenvalue weighted by atomic mass is 10.1. The Labute approximate surface area is 172 Å². The first-order valence-electron chi connectivity index (χ1n) is 9.08. The number of nitriles is 1. The highest BCUT2D eigenvalue weighted by molar-refractivity contribution is 9.10.